The summed E-state index contributed by atoms with van der Waals surface area (Å²) in [6.45, 7) is 6.18. The molecule has 1 aliphatic carbocycles. The van der Waals surface area contributed by atoms with Gasteiger partial charge in [0.25, 0.3) is 5.91 Å². The smallest absolute Gasteiger partial charge is 0.260 e. The maximum Gasteiger partial charge on any atom is 0.260 e. The molecule has 0 atom stereocenters. The van der Waals surface area contributed by atoms with Crippen LogP contribution in [-0.2, 0) is 9.53 Å². The van der Waals surface area contributed by atoms with Crippen LogP contribution < -0.4 is 25.0 Å². The van der Waals surface area contributed by atoms with Crippen molar-refractivity contribution >= 4 is 28.4 Å². The fourth-order valence-electron chi connectivity index (χ4n) is 5.48. The van der Waals surface area contributed by atoms with Gasteiger partial charge in [-0.2, -0.15) is 4.98 Å². The third-order valence-corrected chi connectivity index (χ3v) is 7.77. The van der Waals surface area contributed by atoms with Gasteiger partial charge >= 0.3 is 0 Å². The van der Waals surface area contributed by atoms with Crippen molar-refractivity contribution in [2.75, 3.05) is 69.3 Å². The number of nitrogens with one attached hydrogen (secondary N) is 2. The number of hydrogen-bond donors (Lipinski definition) is 2. The van der Waals surface area contributed by atoms with Crippen molar-refractivity contribution < 1.29 is 19.0 Å². The van der Waals surface area contributed by atoms with Gasteiger partial charge in [-0.05, 0) is 43.2 Å². The number of benzene rings is 1. The summed E-state index contributed by atoms with van der Waals surface area (Å²) in [5.41, 5.74) is 0. The number of aromatic nitrogens is 3. The van der Waals surface area contributed by atoms with Gasteiger partial charge in [-0.25, -0.2) is 9.97 Å². The molecule has 11 nitrogen and oxygen atoms in total. The number of ether oxygens (including phenoxy) is 3. The molecule has 6 rings (SSSR count). The first-order valence-electron chi connectivity index (χ1n) is 14.3. The van der Waals surface area contributed by atoms with Crippen LogP contribution in [0, 0.1) is 0 Å². The van der Waals surface area contributed by atoms with E-state index >= 15 is 0 Å². The number of nitrogens with zero attached hydrogens (tertiary/aromatic N) is 5. The summed E-state index contributed by atoms with van der Waals surface area (Å²) in [5, 5.41) is 8.87. The number of fused-ring (bicyclic) bond motifs is 1. The number of carbonyl (C=O) groups is 1. The summed E-state index contributed by atoms with van der Waals surface area (Å²) < 4.78 is 17.7. The minimum atomic E-state index is -0.0151. The molecule has 40 heavy (non-hydrogen) atoms. The van der Waals surface area contributed by atoms with Crippen LogP contribution in [0.5, 0.6) is 11.6 Å². The topological polar surface area (TPSA) is 114 Å². The highest BCUT2D eigenvalue weighted by Crippen LogP contribution is 2.32. The third kappa shape index (κ3) is 6.53. The number of anilines is 2. The largest absolute Gasteiger partial charge is 0.481 e. The molecular formula is C29H37N7O4. The molecule has 2 saturated heterocycles. The molecule has 3 aromatic rings. The van der Waals surface area contributed by atoms with Crippen LogP contribution in [0.2, 0.25) is 0 Å². The molecular weight excluding hydrogens is 510 g/mol. The van der Waals surface area contributed by atoms with Gasteiger partial charge in [0.05, 0.1) is 25.6 Å². The number of rotatable bonds is 8. The SMILES string of the molecule is O=C(COc1cnc(NC2CCC(Oc3nc(N4CCOCC4)cc4ccccc34)CC2)nc1)N1CCNCC1. The lowest BCUT2D eigenvalue weighted by Gasteiger charge is -2.31. The van der Waals surface area contributed by atoms with Crippen molar-refractivity contribution in [3.8, 4) is 11.6 Å². The Bertz CT molecular complexity index is 1270. The van der Waals surface area contributed by atoms with Crippen LogP contribution in [-0.4, -0.2) is 97.0 Å². The second kappa shape index (κ2) is 12.6. The lowest BCUT2D eigenvalue weighted by Crippen LogP contribution is -2.47. The van der Waals surface area contributed by atoms with Gasteiger partial charge in [-0.3, -0.25) is 4.79 Å². The molecule has 1 aromatic carbocycles. The molecule has 11 heteroatoms. The molecule has 1 amide bonds. The van der Waals surface area contributed by atoms with E-state index in [2.05, 4.69) is 49.8 Å². The Labute approximate surface area is 234 Å². The van der Waals surface area contributed by atoms with Gasteiger partial charge in [0, 0.05) is 50.7 Å². The third-order valence-electron chi connectivity index (χ3n) is 7.77. The van der Waals surface area contributed by atoms with E-state index in [0.717, 1.165) is 81.7 Å². The zero-order valence-corrected chi connectivity index (χ0v) is 22.8. The molecule has 2 aromatic heterocycles. The minimum Gasteiger partial charge on any atom is -0.481 e. The van der Waals surface area contributed by atoms with E-state index < -0.39 is 0 Å². The highest BCUT2D eigenvalue weighted by molar-refractivity contribution is 5.89. The van der Waals surface area contributed by atoms with E-state index in [0.29, 0.717) is 30.7 Å². The van der Waals surface area contributed by atoms with Gasteiger partial charge in [0.2, 0.25) is 11.8 Å². The molecule has 2 aliphatic heterocycles. The van der Waals surface area contributed by atoms with Crippen LogP contribution >= 0.6 is 0 Å². The normalized spacial score (nSPS) is 21.7. The van der Waals surface area contributed by atoms with E-state index in [1.54, 1.807) is 12.4 Å². The van der Waals surface area contributed by atoms with Crippen molar-refractivity contribution in [2.24, 2.45) is 0 Å². The van der Waals surface area contributed by atoms with E-state index in [-0.39, 0.29) is 24.7 Å². The van der Waals surface area contributed by atoms with E-state index in [1.807, 2.05) is 11.0 Å². The number of piperazine rings is 1. The Morgan fingerprint density at radius 2 is 1.77 bits per heavy atom. The number of morpholine rings is 1. The first-order chi connectivity index (χ1) is 19.7. The average molecular weight is 548 g/mol. The molecule has 4 heterocycles. The van der Waals surface area contributed by atoms with Crippen LogP contribution in [0.4, 0.5) is 11.8 Å². The first-order valence-corrected chi connectivity index (χ1v) is 14.3. The monoisotopic (exact) mass is 547 g/mol. The average Bonchev–Trinajstić information content (AvgIpc) is 3.02. The Morgan fingerprint density at radius 1 is 1.02 bits per heavy atom. The summed E-state index contributed by atoms with van der Waals surface area (Å²) in [7, 11) is 0. The van der Waals surface area contributed by atoms with Gasteiger partial charge in [0.15, 0.2) is 12.4 Å². The van der Waals surface area contributed by atoms with Crippen molar-refractivity contribution in [1.82, 2.24) is 25.2 Å². The Morgan fingerprint density at radius 3 is 2.55 bits per heavy atom. The van der Waals surface area contributed by atoms with Crippen molar-refractivity contribution in [3.05, 3.63) is 42.7 Å². The van der Waals surface area contributed by atoms with Gasteiger partial charge in [-0.1, -0.05) is 18.2 Å². The molecule has 2 N–H and O–H groups in total. The van der Waals surface area contributed by atoms with Crippen molar-refractivity contribution in [3.63, 3.8) is 0 Å². The lowest BCUT2D eigenvalue weighted by atomic mass is 9.93. The zero-order valence-electron chi connectivity index (χ0n) is 22.8. The van der Waals surface area contributed by atoms with Gasteiger partial charge < -0.3 is 34.6 Å². The highest BCUT2D eigenvalue weighted by atomic mass is 16.5. The second-order valence-corrected chi connectivity index (χ2v) is 10.5. The molecule has 212 valence electrons. The second-order valence-electron chi connectivity index (χ2n) is 10.5. The summed E-state index contributed by atoms with van der Waals surface area (Å²) in [5.74, 6) is 2.70. The number of amides is 1. The van der Waals surface area contributed by atoms with Crippen molar-refractivity contribution in [1.29, 1.82) is 0 Å². The molecule has 1 saturated carbocycles. The first kappa shape index (κ1) is 26.5. The van der Waals surface area contributed by atoms with Gasteiger partial charge in [-0.15, -0.1) is 0 Å². The zero-order chi connectivity index (χ0) is 27.1. The van der Waals surface area contributed by atoms with E-state index in [4.69, 9.17) is 19.2 Å². The van der Waals surface area contributed by atoms with E-state index in [1.165, 1.54) is 0 Å². The minimum absolute atomic E-state index is 0.000351. The van der Waals surface area contributed by atoms with Crippen LogP contribution in [0.25, 0.3) is 10.8 Å². The quantitative estimate of drug-likeness (QED) is 0.436. The Hall–Kier alpha value is -3.70. The molecule has 0 radical (unpaired) electrons. The number of pyridine rings is 1. The Balaban J connectivity index is 1.00. The summed E-state index contributed by atoms with van der Waals surface area (Å²) in [4.78, 5) is 30.1. The molecule has 3 aliphatic rings. The van der Waals surface area contributed by atoms with Crippen LogP contribution in [0.15, 0.2) is 42.7 Å². The lowest BCUT2D eigenvalue weighted by molar-refractivity contribution is -0.133. The maximum atomic E-state index is 12.3. The predicted molar refractivity (Wildman–Crippen MR) is 152 cm³/mol. The molecule has 0 bridgehead atoms. The Kier molecular flexibility index (Phi) is 8.39. The number of hydrogen-bond acceptors (Lipinski definition) is 10. The van der Waals surface area contributed by atoms with Crippen LogP contribution in [0.3, 0.4) is 0 Å². The van der Waals surface area contributed by atoms with Crippen LogP contribution in [0.1, 0.15) is 25.7 Å². The van der Waals surface area contributed by atoms with Gasteiger partial charge in [0.1, 0.15) is 11.9 Å². The maximum absolute atomic E-state index is 12.3. The predicted octanol–water partition coefficient (Wildman–Crippen LogP) is 2.47. The summed E-state index contributed by atoms with van der Waals surface area (Å²) in [6.07, 6.45) is 7.09. The fraction of sp³-hybridized carbons (Fsp3) is 0.517. The highest BCUT2D eigenvalue weighted by Gasteiger charge is 2.25. The molecule has 3 fully saturated rings. The summed E-state index contributed by atoms with van der Waals surface area (Å²) >= 11 is 0. The number of carbonyl (C=O) groups excluding carboxylic acids is 1. The molecule has 0 unspecified atom stereocenters. The van der Waals surface area contributed by atoms with E-state index in [9.17, 15) is 4.79 Å². The standard InChI is InChI=1S/C29H37N7O4/c37-27(36-11-9-30-10-12-36)20-39-24-18-31-29(32-19-24)33-22-5-7-23(8-6-22)40-28-25-4-2-1-3-21(25)17-26(34-28)35-13-15-38-16-14-35/h1-4,17-19,22-23,30H,5-16,20H2,(H,31,32,33). The summed E-state index contributed by atoms with van der Waals surface area (Å²) in [6, 6.07) is 10.7. The fourth-order valence-corrected chi connectivity index (χ4v) is 5.48. The molecule has 0 spiro atoms. The van der Waals surface area contributed by atoms with Crippen molar-refractivity contribution in [2.45, 2.75) is 37.8 Å².